The Labute approximate surface area is 115 Å². The van der Waals surface area contributed by atoms with Crippen molar-refractivity contribution in [2.24, 2.45) is 0 Å². The van der Waals surface area contributed by atoms with Gasteiger partial charge < -0.3 is 5.32 Å². The third-order valence-corrected chi connectivity index (χ3v) is 3.66. The van der Waals surface area contributed by atoms with E-state index in [-0.39, 0.29) is 0 Å². The van der Waals surface area contributed by atoms with Crippen molar-refractivity contribution in [3.05, 3.63) is 46.3 Å². The first-order valence-electron chi connectivity index (χ1n) is 6.82. The lowest BCUT2D eigenvalue weighted by Crippen LogP contribution is -2.11. The predicted molar refractivity (Wildman–Crippen MR) is 80.1 cm³/mol. The van der Waals surface area contributed by atoms with Crippen molar-refractivity contribution in [2.75, 3.05) is 13.6 Å². The van der Waals surface area contributed by atoms with Crippen molar-refractivity contribution < 1.29 is 0 Å². The number of rotatable bonds is 4. The van der Waals surface area contributed by atoms with Gasteiger partial charge in [-0.25, -0.2) is 4.68 Å². The molecule has 0 aliphatic heterocycles. The molecule has 0 spiro atoms. The monoisotopic (exact) mass is 257 g/mol. The summed E-state index contributed by atoms with van der Waals surface area (Å²) in [4.78, 5) is 0. The first kappa shape index (κ1) is 13.8. The van der Waals surface area contributed by atoms with Gasteiger partial charge in [0.2, 0.25) is 0 Å². The Morgan fingerprint density at radius 1 is 1.16 bits per heavy atom. The number of likely N-dealkylation sites (N-methyl/N-ethyl adjacent to an activating group) is 1. The second-order valence-corrected chi connectivity index (χ2v) is 5.20. The highest BCUT2D eigenvalue weighted by Crippen LogP contribution is 2.21. The Bertz CT molecular complexity index is 582. The first-order chi connectivity index (χ1) is 9.04. The first-order valence-corrected chi connectivity index (χ1v) is 6.82. The van der Waals surface area contributed by atoms with E-state index >= 15 is 0 Å². The number of nitrogens with one attached hydrogen (secondary N) is 1. The zero-order valence-corrected chi connectivity index (χ0v) is 12.5. The third kappa shape index (κ3) is 2.71. The molecule has 19 heavy (non-hydrogen) atoms. The normalized spacial score (nSPS) is 11.0. The van der Waals surface area contributed by atoms with Gasteiger partial charge in [-0.15, -0.1) is 0 Å². The fourth-order valence-electron chi connectivity index (χ4n) is 2.47. The standard InChI is InChI=1S/C16H23N3/c1-11-6-7-12(2)16(10-11)19-14(4)15(8-9-17-5)13(3)18-19/h6-7,10,17H,8-9H2,1-5H3. The molecule has 3 heteroatoms. The molecule has 0 aliphatic carbocycles. The van der Waals surface area contributed by atoms with Gasteiger partial charge in [0, 0.05) is 5.69 Å². The molecule has 1 aromatic carbocycles. The van der Waals surface area contributed by atoms with Crippen LogP contribution in [0.4, 0.5) is 0 Å². The molecule has 2 aromatic rings. The Morgan fingerprint density at radius 2 is 1.89 bits per heavy atom. The molecule has 0 saturated heterocycles. The van der Waals surface area contributed by atoms with Crippen molar-refractivity contribution in [2.45, 2.75) is 34.1 Å². The minimum Gasteiger partial charge on any atom is -0.319 e. The van der Waals surface area contributed by atoms with E-state index in [9.17, 15) is 0 Å². The summed E-state index contributed by atoms with van der Waals surface area (Å²) >= 11 is 0. The molecule has 1 N–H and O–H groups in total. The van der Waals surface area contributed by atoms with Crippen LogP contribution in [0.2, 0.25) is 0 Å². The van der Waals surface area contributed by atoms with E-state index < -0.39 is 0 Å². The predicted octanol–water partition coefficient (Wildman–Crippen LogP) is 2.87. The quantitative estimate of drug-likeness (QED) is 0.912. The minimum absolute atomic E-state index is 0.986. The highest BCUT2D eigenvalue weighted by molar-refractivity contribution is 5.45. The van der Waals surface area contributed by atoms with E-state index in [2.05, 4.69) is 55.9 Å². The van der Waals surface area contributed by atoms with Crippen LogP contribution in [0.15, 0.2) is 18.2 Å². The molecular weight excluding hydrogens is 234 g/mol. The van der Waals surface area contributed by atoms with E-state index in [0.29, 0.717) is 0 Å². The Hall–Kier alpha value is -1.61. The summed E-state index contributed by atoms with van der Waals surface area (Å²) in [7, 11) is 1.99. The van der Waals surface area contributed by atoms with Gasteiger partial charge in [-0.3, -0.25) is 0 Å². The van der Waals surface area contributed by atoms with Crippen molar-refractivity contribution >= 4 is 0 Å². The van der Waals surface area contributed by atoms with Crippen LogP contribution in [0.1, 0.15) is 28.1 Å². The summed E-state index contributed by atoms with van der Waals surface area (Å²) in [6.45, 7) is 9.50. The summed E-state index contributed by atoms with van der Waals surface area (Å²) in [5.41, 5.74) is 7.46. The van der Waals surface area contributed by atoms with E-state index in [1.807, 2.05) is 7.05 Å². The van der Waals surface area contributed by atoms with E-state index in [0.717, 1.165) is 18.7 Å². The van der Waals surface area contributed by atoms with Crippen LogP contribution in [-0.2, 0) is 6.42 Å². The third-order valence-electron chi connectivity index (χ3n) is 3.66. The van der Waals surface area contributed by atoms with Crippen LogP contribution in [-0.4, -0.2) is 23.4 Å². The van der Waals surface area contributed by atoms with Crippen LogP contribution >= 0.6 is 0 Å². The minimum atomic E-state index is 0.986. The van der Waals surface area contributed by atoms with Crippen LogP contribution < -0.4 is 5.32 Å². The van der Waals surface area contributed by atoms with Gasteiger partial charge in [0.15, 0.2) is 0 Å². The fraction of sp³-hybridized carbons (Fsp3) is 0.438. The maximum absolute atomic E-state index is 4.72. The lowest BCUT2D eigenvalue weighted by molar-refractivity contribution is 0.783. The molecule has 0 unspecified atom stereocenters. The smallest absolute Gasteiger partial charge is 0.0680 e. The zero-order valence-electron chi connectivity index (χ0n) is 12.5. The van der Waals surface area contributed by atoms with Gasteiger partial charge in [-0.2, -0.15) is 5.10 Å². The molecule has 2 rings (SSSR count). The Balaban J connectivity index is 2.48. The topological polar surface area (TPSA) is 29.9 Å². The lowest BCUT2D eigenvalue weighted by Gasteiger charge is -2.10. The fourth-order valence-corrected chi connectivity index (χ4v) is 2.47. The summed E-state index contributed by atoms with van der Waals surface area (Å²) in [6.07, 6.45) is 1.03. The molecule has 1 heterocycles. The Kier molecular flexibility index (Phi) is 4.05. The second kappa shape index (κ2) is 5.57. The molecule has 0 radical (unpaired) electrons. The summed E-state index contributed by atoms with van der Waals surface area (Å²) < 4.78 is 2.09. The van der Waals surface area contributed by atoms with Crippen molar-refractivity contribution in [1.82, 2.24) is 15.1 Å². The second-order valence-electron chi connectivity index (χ2n) is 5.20. The Morgan fingerprint density at radius 3 is 2.58 bits per heavy atom. The molecule has 0 fully saturated rings. The van der Waals surface area contributed by atoms with Gasteiger partial charge >= 0.3 is 0 Å². The molecule has 102 valence electrons. The highest BCUT2D eigenvalue weighted by Gasteiger charge is 2.13. The van der Waals surface area contributed by atoms with Gasteiger partial charge in [0.1, 0.15) is 0 Å². The average Bonchev–Trinajstić information content (AvgIpc) is 2.66. The van der Waals surface area contributed by atoms with Crippen molar-refractivity contribution in [1.29, 1.82) is 0 Å². The maximum Gasteiger partial charge on any atom is 0.0680 e. The zero-order chi connectivity index (χ0) is 14.0. The number of aromatic nitrogens is 2. The summed E-state index contributed by atoms with van der Waals surface area (Å²) in [6, 6.07) is 6.51. The highest BCUT2D eigenvalue weighted by atomic mass is 15.3. The number of nitrogens with zero attached hydrogens (tertiary/aromatic N) is 2. The molecule has 0 aliphatic rings. The van der Waals surface area contributed by atoms with E-state index in [4.69, 9.17) is 5.10 Å². The van der Waals surface area contributed by atoms with Gasteiger partial charge in [0.05, 0.1) is 11.4 Å². The molecule has 0 amide bonds. The van der Waals surface area contributed by atoms with Gasteiger partial charge in [0.25, 0.3) is 0 Å². The maximum atomic E-state index is 4.72. The van der Waals surface area contributed by atoms with E-state index in [1.165, 1.54) is 28.1 Å². The van der Waals surface area contributed by atoms with Crippen LogP contribution in [0.25, 0.3) is 5.69 Å². The molecule has 1 aromatic heterocycles. The van der Waals surface area contributed by atoms with Crippen LogP contribution in [0, 0.1) is 27.7 Å². The SMILES string of the molecule is CNCCc1c(C)nn(-c2cc(C)ccc2C)c1C. The summed E-state index contributed by atoms with van der Waals surface area (Å²) in [5.74, 6) is 0. The lowest BCUT2D eigenvalue weighted by atomic mass is 10.1. The number of aryl methyl sites for hydroxylation is 3. The largest absolute Gasteiger partial charge is 0.319 e. The summed E-state index contributed by atoms with van der Waals surface area (Å²) in [5, 5.41) is 7.93. The molecule has 0 bridgehead atoms. The van der Waals surface area contributed by atoms with Crippen molar-refractivity contribution in [3.8, 4) is 5.69 Å². The van der Waals surface area contributed by atoms with Crippen molar-refractivity contribution in [3.63, 3.8) is 0 Å². The van der Waals surface area contributed by atoms with Gasteiger partial charge in [-0.1, -0.05) is 12.1 Å². The van der Waals surface area contributed by atoms with Crippen LogP contribution in [0.3, 0.4) is 0 Å². The van der Waals surface area contributed by atoms with E-state index in [1.54, 1.807) is 0 Å². The molecule has 0 saturated carbocycles. The molecule has 3 nitrogen and oxygen atoms in total. The number of hydrogen-bond donors (Lipinski definition) is 1. The average molecular weight is 257 g/mol. The number of benzene rings is 1. The van der Waals surface area contributed by atoms with Crippen LogP contribution in [0.5, 0.6) is 0 Å². The number of hydrogen-bond acceptors (Lipinski definition) is 2. The molecule has 0 atom stereocenters. The molecular formula is C16H23N3. The van der Waals surface area contributed by atoms with Gasteiger partial charge in [-0.05, 0) is 70.5 Å².